The predicted molar refractivity (Wildman–Crippen MR) is 115 cm³/mol. The van der Waals surface area contributed by atoms with Crippen molar-refractivity contribution in [3.63, 3.8) is 0 Å². The molecule has 0 unspecified atom stereocenters. The molecule has 6 nitrogen and oxygen atoms in total. The van der Waals surface area contributed by atoms with E-state index in [4.69, 9.17) is 18.9 Å². The van der Waals surface area contributed by atoms with Crippen LogP contribution >= 0.6 is 22.6 Å². The summed E-state index contributed by atoms with van der Waals surface area (Å²) in [6.45, 7) is 1.93. The minimum absolute atomic E-state index is 0.277. The lowest BCUT2D eigenvalue weighted by molar-refractivity contribution is -0.300. The molecule has 1 aliphatic heterocycles. The number of halogens is 1. The third-order valence-electron chi connectivity index (χ3n) is 4.63. The van der Waals surface area contributed by atoms with Gasteiger partial charge in [-0.1, -0.05) is 83.3 Å². The van der Waals surface area contributed by atoms with Gasteiger partial charge in [-0.05, 0) is 11.1 Å². The van der Waals surface area contributed by atoms with Crippen molar-refractivity contribution in [3.8, 4) is 0 Å². The van der Waals surface area contributed by atoms with Crippen LogP contribution < -0.4 is 0 Å². The van der Waals surface area contributed by atoms with Crippen LogP contribution in [-0.4, -0.2) is 46.2 Å². The SMILES string of the molecule is CC(=O)O[C@H]1[C@@H](OCc2ccccc2)[C@H](OCc2ccccc2)[C@@H](O)O[C@@H]1CI. The van der Waals surface area contributed by atoms with Crippen molar-refractivity contribution in [1.82, 2.24) is 0 Å². The largest absolute Gasteiger partial charge is 0.457 e. The summed E-state index contributed by atoms with van der Waals surface area (Å²) in [5.41, 5.74) is 1.93. The average Bonchev–Trinajstić information content (AvgIpc) is 2.73. The highest BCUT2D eigenvalue weighted by molar-refractivity contribution is 14.1. The lowest BCUT2D eigenvalue weighted by Gasteiger charge is -2.43. The van der Waals surface area contributed by atoms with Gasteiger partial charge in [-0.15, -0.1) is 0 Å². The monoisotopic (exact) mass is 512 g/mol. The average molecular weight is 512 g/mol. The fraction of sp³-hybridized carbons (Fsp3) is 0.409. The molecule has 1 aliphatic rings. The van der Waals surface area contributed by atoms with Gasteiger partial charge in [-0.25, -0.2) is 0 Å². The van der Waals surface area contributed by atoms with Crippen molar-refractivity contribution >= 4 is 28.6 Å². The van der Waals surface area contributed by atoms with Gasteiger partial charge < -0.3 is 24.1 Å². The molecule has 1 saturated heterocycles. The van der Waals surface area contributed by atoms with E-state index in [1.54, 1.807) is 0 Å². The zero-order valence-electron chi connectivity index (χ0n) is 16.1. The van der Waals surface area contributed by atoms with Crippen molar-refractivity contribution in [1.29, 1.82) is 0 Å². The normalized spacial score (nSPS) is 26.8. The molecule has 3 rings (SSSR count). The van der Waals surface area contributed by atoms with Crippen LogP contribution in [0.1, 0.15) is 18.1 Å². The number of hydrogen-bond acceptors (Lipinski definition) is 6. The van der Waals surface area contributed by atoms with E-state index in [2.05, 4.69) is 22.6 Å². The summed E-state index contributed by atoms with van der Waals surface area (Å²) in [4.78, 5) is 11.7. The van der Waals surface area contributed by atoms with Crippen LogP contribution in [0.5, 0.6) is 0 Å². The van der Waals surface area contributed by atoms with E-state index in [1.165, 1.54) is 6.92 Å². The van der Waals surface area contributed by atoms with E-state index in [0.29, 0.717) is 11.0 Å². The maximum Gasteiger partial charge on any atom is 0.303 e. The molecule has 0 radical (unpaired) electrons. The Morgan fingerprint density at radius 2 is 1.45 bits per heavy atom. The lowest BCUT2D eigenvalue weighted by atomic mass is 9.98. The van der Waals surface area contributed by atoms with Gasteiger partial charge in [-0.3, -0.25) is 4.79 Å². The van der Waals surface area contributed by atoms with Crippen LogP contribution in [0.3, 0.4) is 0 Å². The number of ether oxygens (including phenoxy) is 4. The summed E-state index contributed by atoms with van der Waals surface area (Å²) >= 11 is 2.14. The Balaban J connectivity index is 1.79. The van der Waals surface area contributed by atoms with Gasteiger partial charge in [0, 0.05) is 11.4 Å². The zero-order valence-corrected chi connectivity index (χ0v) is 18.3. The first-order chi connectivity index (χ1) is 14.1. The molecule has 0 aliphatic carbocycles. The molecule has 1 fully saturated rings. The second-order valence-electron chi connectivity index (χ2n) is 6.82. The highest BCUT2D eigenvalue weighted by Crippen LogP contribution is 2.29. The maximum absolute atomic E-state index is 11.7. The van der Waals surface area contributed by atoms with Crippen LogP contribution in [0.4, 0.5) is 0 Å². The fourth-order valence-electron chi connectivity index (χ4n) is 3.25. The van der Waals surface area contributed by atoms with Gasteiger partial charge in [0.1, 0.15) is 18.3 Å². The third-order valence-corrected chi connectivity index (χ3v) is 5.50. The number of aliphatic hydroxyl groups excluding tert-OH is 1. The molecule has 2 aromatic carbocycles. The van der Waals surface area contributed by atoms with Gasteiger partial charge >= 0.3 is 5.97 Å². The summed E-state index contributed by atoms with van der Waals surface area (Å²) in [5, 5.41) is 10.6. The molecular formula is C22H25IO6. The first kappa shape index (κ1) is 22.2. The molecule has 2 aromatic rings. The standard InChI is InChI=1S/C22H25IO6/c1-15(24)28-19-18(12-23)29-22(25)21(27-14-17-10-6-3-7-11-17)20(19)26-13-16-8-4-2-5-9-16/h2-11,18-22,25H,12-14H2,1H3/t18-,19-,20-,21+,22+/m1/s1. The van der Waals surface area contributed by atoms with Gasteiger partial charge in [-0.2, -0.15) is 0 Å². The second kappa shape index (κ2) is 11.0. The molecule has 0 aromatic heterocycles. The summed E-state index contributed by atoms with van der Waals surface area (Å²) in [7, 11) is 0. The zero-order chi connectivity index (χ0) is 20.6. The van der Waals surface area contributed by atoms with E-state index >= 15 is 0 Å². The minimum Gasteiger partial charge on any atom is -0.457 e. The molecular weight excluding hydrogens is 487 g/mol. The molecule has 5 atom stereocenters. The third kappa shape index (κ3) is 6.23. The van der Waals surface area contributed by atoms with Crippen molar-refractivity contribution in [2.24, 2.45) is 0 Å². The first-order valence-corrected chi connectivity index (χ1v) is 11.0. The van der Waals surface area contributed by atoms with E-state index in [0.717, 1.165) is 11.1 Å². The smallest absolute Gasteiger partial charge is 0.303 e. The lowest BCUT2D eigenvalue weighted by Crippen LogP contribution is -2.61. The number of alkyl halides is 1. The summed E-state index contributed by atoms with van der Waals surface area (Å²) in [6, 6.07) is 19.3. The summed E-state index contributed by atoms with van der Waals surface area (Å²) in [5.74, 6) is -0.431. The number of esters is 1. The number of hydrogen-bond donors (Lipinski definition) is 1. The van der Waals surface area contributed by atoms with Gasteiger partial charge in [0.15, 0.2) is 12.4 Å². The van der Waals surface area contributed by atoms with Gasteiger partial charge in [0.25, 0.3) is 0 Å². The number of carbonyl (C=O) groups is 1. The van der Waals surface area contributed by atoms with Crippen LogP contribution in [0.2, 0.25) is 0 Å². The molecule has 0 amide bonds. The second-order valence-corrected chi connectivity index (χ2v) is 7.70. The molecule has 1 N–H and O–H groups in total. The Hall–Kier alpha value is -1.52. The highest BCUT2D eigenvalue weighted by Gasteiger charge is 2.48. The minimum atomic E-state index is -1.19. The van der Waals surface area contributed by atoms with Crippen LogP contribution in [0.15, 0.2) is 60.7 Å². The number of rotatable bonds is 8. The van der Waals surface area contributed by atoms with Crippen molar-refractivity contribution in [3.05, 3.63) is 71.8 Å². The van der Waals surface area contributed by atoms with E-state index in [-0.39, 0.29) is 6.61 Å². The Morgan fingerprint density at radius 1 is 0.931 bits per heavy atom. The van der Waals surface area contributed by atoms with E-state index in [1.807, 2.05) is 60.7 Å². The van der Waals surface area contributed by atoms with Crippen molar-refractivity contribution in [2.75, 3.05) is 4.43 Å². The maximum atomic E-state index is 11.7. The van der Waals surface area contributed by atoms with Crippen molar-refractivity contribution in [2.45, 2.75) is 50.8 Å². The topological polar surface area (TPSA) is 74.2 Å². The Morgan fingerprint density at radius 3 is 1.93 bits per heavy atom. The Kier molecular flexibility index (Phi) is 8.43. The summed E-state index contributed by atoms with van der Waals surface area (Å²) in [6.07, 6.45) is -3.84. The summed E-state index contributed by atoms with van der Waals surface area (Å²) < 4.78 is 23.9. The van der Waals surface area contributed by atoms with Gasteiger partial charge in [0.2, 0.25) is 0 Å². The fourth-order valence-corrected chi connectivity index (χ4v) is 3.96. The predicted octanol–water partition coefficient (Wildman–Crippen LogP) is 3.24. The van der Waals surface area contributed by atoms with E-state index < -0.39 is 36.7 Å². The van der Waals surface area contributed by atoms with Crippen LogP contribution in [0, 0.1) is 0 Å². The Bertz CT molecular complexity index is 756. The number of carbonyl (C=O) groups excluding carboxylic acids is 1. The molecule has 29 heavy (non-hydrogen) atoms. The molecule has 156 valence electrons. The molecule has 1 heterocycles. The molecule has 0 bridgehead atoms. The highest BCUT2D eigenvalue weighted by atomic mass is 127. The van der Waals surface area contributed by atoms with Crippen LogP contribution in [-0.2, 0) is 37.0 Å². The molecule has 0 saturated carbocycles. The number of benzene rings is 2. The first-order valence-electron chi connectivity index (χ1n) is 9.46. The van der Waals surface area contributed by atoms with Crippen molar-refractivity contribution < 1.29 is 28.8 Å². The number of aliphatic hydroxyl groups is 1. The Labute approximate surface area is 184 Å². The quantitative estimate of drug-likeness (QED) is 0.333. The molecule has 7 heteroatoms. The van der Waals surface area contributed by atoms with E-state index in [9.17, 15) is 9.90 Å². The van der Waals surface area contributed by atoms with Gasteiger partial charge in [0.05, 0.1) is 13.2 Å². The van der Waals surface area contributed by atoms with Crippen LogP contribution in [0.25, 0.3) is 0 Å². The molecule has 0 spiro atoms.